The highest BCUT2D eigenvalue weighted by atomic mass is 19.1. The zero-order valence-electron chi connectivity index (χ0n) is 18.5. The number of carbonyl (C=O) groups excluding carboxylic acids is 2. The summed E-state index contributed by atoms with van der Waals surface area (Å²) in [5.41, 5.74) is 1.80. The first-order valence-corrected chi connectivity index (χ1v) is 10.7. The maximum atomic E-state index is 13.9. The summed E-state index contributed by atoms with van der Waals surface area (Å²) in [6.45, 7) is 9.35. The van der Waals surface area contributed by atoms with Crippen LogP contribution < -0.4 is 5.32 Å². The average Bonchev–Trinajstić information content (AvgIpc) is 2.74. The Kier molecular flexibility index (Phi) is 6.90. The number of nitrogens with zero attached hydrogens (tertiary/aromatic N) is 1. The maximum Gasteiger partial charge on any atom is 0.241 e. The van der Waals surface area contributed by atoms with E-state index in [0.29, 0.717) is 25.9 Å². The van der Waals surface area contributed by atoms with Crippen molar-refractivity contribution in [2.75, 3.05) is 18.4 Å². The number of hydrogen-bond acceptors (Lipinski definition) is 3. The summed E-state index contributed by atoms with van der Waals surface area (Å²) in [4.78, 5) is 27.3. The number of benzene rings is 2. The zero-order valence-corrected chi connectivity index (χ0v) is 18.5. The lowest BCUT2D eigenvalue weighted by atomic mass is 9.87. The normalized spacial score (nSPS) is 16.7. The SMILES string of the molecule is CC(C(=O)Nc1ccc(C(C)(C)C)cc1)N1CCC(C(=O)c2cc(F)ccc2F)CC1. The molecule has 2 aromatic rings. The molecular weight excluding hydrogens is 398 g/mol. The van der Waals surface area contributed by atoms with Gasteiger partial charge in [-0.2, -0.15) is 0 Å². The second-order valence-corrected chi connectivity index (χ2v) is 9.29. The van der Waals surface area contributed by atoms with Gasteiger partial charge in [0.15, 0.2) is 5.78 Å². The molecule has 1 aliphatic rings. The first-order chi connectivity index (χ1) is 14.6. The van der Waals surface area contributed by atoms with Crippen molar-refractivity contribution in [1.29, 1.82) is 0 Å². The van der Waals surface area contributed by atoms with E-state index in [9.17, 15) is 18.4 Å². The Balaban J connectivity index is 1.56. The molecule has 1 fully saturated rings. The van der Waals surface area contributed by atoms with Crippen molar-refractivity contribution in [3.05, 3.63) is 65.2 Å². The number of amides is 1. The molecule has 0 bridgehead atoms. The minimum Gasteiger partial charge on any atom is -0.325 e. The second-order valence-electron chi connectivity index (χ2n) is 9.29. The van der Waals surface area contributed by atoms with Crippen LogP contribution in [0.15, 0.2) is 42.5 Å². The molecule has 1 N–H and O–H groups in total. The molecule has 1 atom stereocenters. The van der Waals surface area contributed by atoms with Crippen LogP contribution in [0.5, 0.6) is 0 Å². The van der Waals surface area contributed by atoms with Gasteiger partial charge in [0.05, 0.1) is 11.6 Å². The number of piperidine rings is 1. The first kappa shape index (κ1) is 23.1. The molecule has 0 aromatic heterocycles. The number of halogens is 2. The number of ketones is 1. The third kappa shape index (κ3) is 5.56. The van der Waals surface area contributed by atoms with Crippen LogP contribution in [-0.2, 0) is 10.2 Å². The van der Waals surface area contributed by atoms with Gasteiger partial charge in [0, 0.05) is 11.6 Å². The number of likely N-dealkylation sites (tertiary alicyclic amines) is 1. The molecule has 31 heavy (non-hydrogen) atoms. The molecular formula is C25H30F2N2O2. The van der Waals surface area contributed by atoms with Crippen molar-refractivity contribution in [3.8, 4) is 0 Å². The Morgan fingerprint density at radius 3 is 2.23 bits per heavy atom. The van der Waals surface area contributed by atoms with Crippen molar-refractivity contribution < 1.29 is 18.4 Å². The largest absolute Gasteiger partial charge is 0.325 e. The number of anilines is 1. The summed E-state index contributed by atoms with van der Waals surface area (Å²) in [5.74, 6) is -2.16. The smallest absolute Gasteiger partial charge is 0.241 e. The Labute approximate surface area is 182 Å². The molecule has 4 nitrogen and oxygen atoms in total. The summed E-state index contributed by atoms with van der Waals surface area (Å²) < 4.78 is 27.4. The lowest BCUT2D eigenvalue weighted by Gasteiger charge is -2.34. The van der Waals surface area contributed by atoms with Crippen molar-refractivity contribution in [3.63, 3.8) is 0 Å². The van der Waals surface area contributed by atoms with Crippen molar-refractivity contribution in [1.82, 2.24) is 4.90 Å². The molecule has 1 heterocycles. The molecule has 6 heteroatoms. The summed E-state index contributed by atoms with van der Waals surface area (Å²) >= 11 is 0. The molecule has 0 radical (unpaired) electrons. The maximum absolute atomic E-state index is 13.9. The number of carbonyl (C=O) groups is 2. The molecule has 0 aliphatic carbocycles. The van der Waals surface area contributed by atoms with Crippen LogP contribution in [0.3, 0.4) is 0 Å². The number of nitrogens with one attached hydrogen (secondary N) is 1. The third-order valence-electron chi connectivity index (χ3n) is 6.04. The van der Waals surface area contributed by atoms with E-state index < -0.39 is 11.6 Å². The lowest BCUT2D eigenvalue weighted by molar-refractivity contribution is -0.121. The lowest BCUT2D eigenvalue weighted by Crippen LogP contribution is -2.47. The van der Waals surface area contributed by atoms with Gasteiger partial charge in [0.25, 0.3) is 0 Å². The quantitative estimate of drug-likeness (QED) is 0.668. The predicted molar refractivity (Wildman–Crippen MR) is 118 cm³/mol. The standard InChI is InChI=1S/C25H30F2N2O2/c1-16(24(31)28-20-8-5-18(6-9-20)25(2,3)4)29-13-11-17(12-14-29)23(30)21-15-19(26)7-10-22(21)27/h5-10,15-17H,11-14H2,1-4H3,(H,28,31). The van der Waals surface area contributed by atoms with Gasteiger partial charge < -0.3 is 5.32 Å². The van der Waals surface area contributed by atoms with E-state index in [1.807, 2.05) is 36.1 Å². The van der Waals surface area contributed by atoms with Gasteiger partial charge in [-0.25, -0.2) is 8.78 Å². The van der Waals surface area contributed by atoms with Crippen LogP contribution in [0.4, 0.5) is 14.5 Å². The molecule has 1 aliphatic heterocycles. The summed E-state index contributed by atoms with van der Waals surface area (Å²) in [5, 5.41) is 2.95. The van der Waals surface area contributed by atoms with E-state index in [0.717, 1.165) is 23.9 Å². The fraction of sp³-hybridized carbons (Fsp3) is 0.440. The summed E-state index contributed by atoms with van der Waals surface area (Å²) in [6, 6.07) is 10.4. The minimum atomic E-state index is -0.695. The van der Waals surface area contributed by atoms with Crippen LogP contribution in [0.2, 0.25) is 0 Å². The fourth-order valence-corrected chi connectivity index (χ4v) is 3.92. The van der Waals surface area contributed by atoms with Gasteiger partial charge in [-0.15, -0.1) is 0 Å². The van der Waals surface area contributed by atoms with E-state index >= 15 is 0 Å². The molecule has 1 saturated heterocycles. The predicted octanol–water partition coefficient (Wildman–Crippen LogP) is 5.18. The van der Waals surface area contributed by atoms with E-state index in [1.54, 1.807) is 0 Å². The van der Waals surface area contributed by atoms with Gasteiger partial charge in [0.2, 0.25) is 5.91 Å². The van der Waals surface area contributed by atoms with E-state index in [-0.39, 0.29) is 34.6 Å². The third-order valence-corrected chi connectivity index (χ3v) is 6.04. The van der Waals surface area contributed by atoms with Crippen molar-refractivity contribution in [2.24, 2.45) is 5.92 Å². The van der Waals surface area contributed by atoms with Gasteiger partial charge in [-0.05, 0) is 74.2 Å². The highest BCUT2D eigenvalue weighted by molar-refractivity contribution is 5.98. The molecule has 1 amide bonds. The van der Waals surface area contributed by atoms with E-state index in [2.05, 4.69) is 26.1 Å². The topological polar surface area (TPSA) is 49.4 Å². The summed E-state index contributed by atoms with van der Waals surface area (Å²) in [7, 11) is 0. The minimum absolute atomic E-state index is 0.0477. The van der Waals surface area contributed by atoms with E-state index in [1.165, 1.54) is 5.56 Å². The highest BCUT2D eigenvalue weighted by Gasteiger charge is 2.31. The van der Waals surface area contributed by atoms with Crippen LogP contribution in [0.1, 0.15) is 56.5 Å². The molecule has 166 valence electrons. The number of rotatable bonds is 5. The summed E-state index contributed by atoms with van der Waals surface area (Å²) in [6.07, 6.45) is 1.01. The van der Waals surface area contributed by atoms with Gasteiger partial charge in [-0.3, -0.25) is 14.5 Å². The Bertz CT molecular complexity index is 943. The molecule has 2 aromatic carbocycles. The number of hydrogen-bond donors (Lipinski definition) is 1. The van der Waals surface area contributed by atoms with Crippen molar-refractivity contribution >= 4 is 17.4 Å². The first-order valence-electron chi connectivity index (χ1n) is 10.7. The van der Waals surface area contributed by atoms with Gasteiger partial charge >= 0.3 is 0 Å². The molecule has 3 rings (SSSR count). The molecule has 1 unspecified atom stereocenters. The number of Topliss-reactive ketones (excluding diaryl/α,β-unsaturated/α-hetero) is 1. The zero-order chi connectivity index (χ0) is 22.8. The van der Waals surface area contributed by atoms with Crippen LogP contribution in [0.25, 0.3) is 0 Å². The monoisotopic (exact) mass is 428 g/mol. The van der Waals surface area contributed by atoms with Crippen LogP contribution in [-0.4, -0.2) is 35.7 Å². The second kappa shape index (κ2) is 9.27. The average molecular weight is 429 g/mol. The Hall–Kier alpha value is -2.60. The van der Waals surface area contributed by atoms with Crippen molar-refractivity contribution in [2.45, 2.75) is 52.0 Å². The Morgan fingerprint density at radius 2 is 1.65 bits per heavy atom. The highest BCUT2D eigenvalue weighted by Crippen LogP contribution is 2.26. The van der Waals surface area contributed by atoms with Crippen LogP contribution >= 0.6 is 0 Å². The fourth-order valence-electron chi connectivity index (χ4n) is 3.92. The molecule has 0 spiro atoms. The van der Waals surface area contributed by atoms with Crippen LogP contribution in [0, 0.1) is 17.6 Å². The van der Waals surface area contributed by atoms with E-state index in [4.69, 9.17) is 0 Å². The Morgan fingerprint density at radius 1 is 1.03 bits per heavy atom. The molecule has 0 saturated carbocycles. The van der Waals surface area contributed by atoms with Gasteiger partial charge in [-0.1, -0.05) is 32.9 Å². The van der Waals surface area contributed by atoms with Gasteiger partial charge in [0.1, 0.15) is 11.6 Å².